The van der Waals surface area contributed by atoms with Gasteiger partial charge in [0.15, 0.2) is 10.8 Å². The maximum absolute atomic E-state index is 12.6. The molecule has 2 aromatic carbocycles. The Morgan fingerprint density at radius 1 is 1.09 bits per heavy atom. The van der Waals surface area contributed by atoms with Crippen LogP contribution in [0, 0.1) is 34.6 Å². The van der Waals surface area contributed by atoms with Gasteiger partial charge >= 0.3 is 0 Å². The summed E-state index contributed by atoms with van der Waals surface area (Å²) in [5, 5.41) is 8.15. The molecule has 2 aromatic heterocycles. The molecule has 0 radical (unpaired) electrons. The van der Waals surface area contributed by atoms with E-state index in [0.717, 1.165) is 39.2 Å². The van der Waals surface area contributed by atoms with Crippen LogP contribution in [0.15, 0.2) is 46.5 Å². The lowest BCUT2D eigenvalue weighted by Gasteiger charge is -2.12. The van der Waals surface area contributed by atoms with Crippen LogP contribution in [0.25, 0.3) is 16.7 Å². The molecule has 8 heteroatoms. The van der Waals surface area contributed by atoms with E-state index in [1.54, 1.807) is 4.68 Å². The first-order valence-corrected chi connectivity index (χ1v) is 11.3. The van der Waals surface area contributed by atoms with E-state index in [1.165, 1.54) is 18.0 Å². The first-order valence-electron chi connectivity index (χ1n) is 10.3. The zero-order valence-corrected chi connectivity index (χ0v) is 19.6. The molecule has 7 nitrogen and oxygen atoms in total. The molecule has 164 valence electrons. The van der Waals surface area contributed by atoms with Crippen LogP contribution in [0.5, 0.6) is 0 Å². The third-order valence-electron chi connectivity index (χ3n) is 5.50. The van der Waals surface area contributed by atoms with Crippen molar-refractivity contribution in [3.05, 3.63) is 74.7 Å². The molecular weight excluding hydrogens is 422 g/mol. The molecule has 0 saturated carbocycles. The highest BCUT2D eigenvalue weighted by molar-refractivity contribution is 7.99. The normalized spacial score (nSPS) is 11.2. The topological polar surface area (TPSA) is 92.7 Å². The summed E-state index contributed by atoms with van der Waals surface area (Å²) in [7, 11) is 0. The van der Waals surface area contributed by atoms with Crippen molar-refractivity contribution >= 4 is 34.4 Å². The van der Waals surface area contributed by atoms with Crippen LogP contribution in [0.1, 0.15) is 27.8 Å². The van der Waals surface area contributed by atoms with Crippen LogP contribution in [0.2, 0.25) is 0 Å². The fourth-order valence-corrected chi connectivity index (χ4v) is 4.45. The van der Waals surface area contributed by atoms with Gasteiger partial charge in [0.2, 0.25) is 5.91 Å². The molecule has 0 spiro atoms. The molecule has 0 fully saturated rings. The molecule has 1 amide bonds. The number of carbonyl (C=O) groups is 1. The summed E-state index contributed by atoms with van der Waals surface area (Å²) in [6.45, 7) is 10.0. The van der Waals surface area contributed by atoms with Gasteiger partial charge in [0.1, 0.15) is 5.39 Å². The molecule has 0 atom stereocenters. The molecule has 0 aliphatic rings. The van der Waals surface area contributed by atoms with Crippen molar-refractivity contribution in [1.82, 2.24) is 19.7 Å². The second-order valence-corrected chi connectivity index (χ2v) is 8.96. The Labute approximate surface area is 190 Å². The van der Waals surface area contributed by atoms with Crippen molar-refractivity contribution in [1.29, 1.82) is 0 Å². The fraction of sp³-hybridized carbons (Fsp3) is 0.250. The van der Waals surface area contributed by atoms with Crippen LogP contribution in [0.3, 0.4) is 0 Å². The highest BCUT2D eigenvalue weighted by Gasteiger charge is 2.15. The lowest BCUT2D eigenvalue weighted by Crippen LogP contribution is -2.17. The molecule has 0 aliphatic carbocycles. The van der Waals surface area contributed by atoms with Gasteiger partial charge in [0.25, 0.3) is 5.56 Å². The number of amides is 1. The van der Waals surface area contributed by atoms with Crippen molar-refractivity contribution < 1.29 is 4.79 Å². The van der Waals surface area contributed by atoms with Gasteiger partial charge in [-0.05, 0) is 62.9 Å². The van der Waals surface area contributed by atoms with Crippen molar-refractivity contribution in [2.24, 2.45) is 0 Å². The van der Waals surface area contributed by atoms with Crippen LogP contribution in [-0.4, -0.2) is 31.4 Å². The van der Waals surface area contributed by atoms with E-state index in [-0.39, 0.29) is 17.2 Å². The summed E-state index contributed by atoms with van der Waals surface area (Å²) < 4.78 is 1.68. The fourth-order valence-electron chi connectivity index (χ4n) is 3.79. The van der Waals surface area contributed by atoms with E-state index in [0.29, 0.717) is 16.2 Å². The van der Waals surface area contributed by atoms with Crippen molar-refractivity contribution in [3.8, 4) is 5.69 Å². The van der Waals surface area contributed by atoms with Crippen molar-refractivity contribution in [3.63, 3.8) is 0 Å². The minimum Gasteiger partial charge on any atom is -0.325 e. The maximum atomic E-state index is 12.6. The number of H-pyrrole nitrogens is 1. The highest BCUT2D eigenvalue weighted by atomic mass is 32.2. The third-order valence-corrected chi connectivity index (χ3v) is 6.38. The SMILES string of the molecule is Cc1cc(C)c(NC(=O)CSc2nc3c(cnn3-c3cccc(C)c3C)c(=O)[nH]2)c(C)c1. The van der Waals surface area contributed by atoms with Gasteiger partial charge in [0, 0.05) is 5.69 Å². The predicted octanol–water partition coefficient (Wildman–Crippen LogP) is 4.38. The summed E-state index contributed by atoms with van der Waals surface area (Å²) in [6, 6.07) is 10.0. The third kappa shape index (κ3) is 4.18. The summed E-state index contributed by atoms with van der Waals surface area (Å²) in [5.74, 6) is -0.0328. The number of hydrogen-bond donors (Lipinski definition) is 2. The molecule has 2 heterocycles. The second-order valence-electron chi connectivity index (χ2n) is 7.99. The monoisotopic (exact) mass is 447 g/mol. The number of carbonyl (C=O) groups excluding carboxylic acids is 1. The van der Waals surface area contributed by atoms with E-state index in [2.05, 4.69) is 20.4 Å². The predicted molar refractivity (Wildman–Crippen MR) is 129 cm³/mol. The molecule has 4 rings (SSSR count). The molecule has 4 aromatic rings. The Kier molecular flexibility index (Phi) is 5.88. The quantitative estimate of drug-likeness (QED) is 0.350. The van der Waals surface area contributed by atoms with Gasteiger partial charge in [0.05, 0.1) is 17.6 Å². The number of thioether (sulfide) groups is 1. The number of nitrogens with one attached hydrogen (secondary N) is 2. The van der Waals surface area contributed by atoms with Crippen LogP contribution in [0.4, 0.5) is 5.69 Å². The van der Waals surface area contributed by atoms with Gasteiger partial charge in [-0.25, -0.2) is 9.67 Å². The Balaban J connectivity index is 1.59. The number of benzene rings is 2. The van der Waals surface area contributed by atoms with Gasteiger partial charge in [-0.1, -0.05) is 41.6 Å². The van der Waals surface area contributed by atoms with Crippen molar-refractivity contribution in [2.75, 3.05) is 11.1 Å². The first kappa shape index (κ1) is 21.8. The number of aromatic nitrogens is 4. The van der Waals surface area contributed by atoms with Gasteiger partial charge < -0.3 is 10.3 Å². The van der Waals surface area contributed by atoms with Crippen LogP contribution < -0.4 is 10.9 Å². The lowest BCUT2D eigenvalue weighted by atomic mass is 10.1. The summed E-state index contributed by atoms with van der Waals surface area (Å²) in [4.78, 5) is 32.5. The highest BCUT2D eigenvalue weighted by Crippen LogP contribution is 2.24. The lowest BCUT2D eigenvalue weighted by molar-refractivity contribution is -0.113. The molecular formula is C24H25N5O2S. The minimum absolute atomic E-state index is 0.124. The Morgan fingerprint density at radius 3 is 2.53 bits per heavy atom. The smallest absolute Gasteiger partial charge is 0.262 e. The summed E-state index contributed by atoms with van der Waals surface area (Å²) in [6.07, 6.45) is 1.52. The molecule has 32 heavy (non-hydrogen) atoms. The molecule has 0 aliphatic heterocycles. The van der Waals surface area contributed by atoms with E-state index < -0.39 is 0 Å². The average molecular weight is 448 g/mol. The largest absolute Gasteiger partial charge is 0.325 e. The summed E-state index contributed by atoms with van der Waals surface area (Å²) in [5.41, 5.74) is 7.28. The number of anilines is 1. The average Bonchev–Trinajstić information content (AvgIpc) is 3.15. The minimum atomic E-state index is -0.278. The molecule has 0 bridgehead atoms. The van der Waals surface area contributed by atoms with E-state index >= 15 is 0 Å². The van der Waals surface area contributed by atoms with Gasteiger partial charge in [-0.15, -0.1) is 0 Å². The number of aromatic amines is 1. The zero-order valence-electron chi connectivity index (χ0n) is 18.7. The number of hydrogen-bond acceptors (Lipinski definition) is 5. The van der Waals surface area contributed by atoms with Gasteiger partial charge in [-0.3, -0.25) is 9.59 Å². The number of nitrogens with zero attached hydrogens (tertiary/aromatic N) is 3. The molecule has 0 saturated heterocycles. The van der Waals surface area contributed by atoms with E-state index in [4.69, 9.17) is 0 Å². The Hall–Kier alpha value is -3.39. The second kappa shape index (κ2) is 8.63. The van der Waals surface area contributed by atoms with Crippen molar-refractivity contribution in [2.45, 2.75) is 39.8 Å². The standard InChI is InChI=1S/C24H25N5O2S/c1-13-9-15(3)21(16(4)10-13)26-20(30)12-32-24-27-22-18(23(31)28-24)11-25-29(22)19-8-6-7-14(2)17(19)5/h6-11H,12H2,1-5H3,(H,26,30)(H,27,28,31). The number of rotatable bonds is 5. The molecule has 0 unspecified atom stereocenters. The Morgan fingerprint density at radius 2 is 1.81 bits per heavy atom. The number of aryl methyl sites for hydroxylation is 4. The van der Waals surface area contributed by atoms with Gasteiger partial charge in [-0.2, -0.15) is 5.10 Å². The first-order chi connectivity index (χ1) is 15.2. The van der Waals surface area contributed by atoms with E-state index in [9.17, 15) is 9.59 Å². The van der Waals surface area contributed by atoms with Crippen LogP contribution in [-0.2, 0) is 4.79 Å². The number of fused-ring (bicyclic) bond motifs is 1. The van der Waals surface area contributed by atoms with Crippen LogP contribution >= 0.6 is 11.8 Å². The zero-order chi connectivity index (χ0) is 23.0. The summed E-state index contributed by atoms with van der Waals surface area (Å²) >= 11 is 1.19. The molecule has 2 N–H and O–H groups in total. The maximum Gasteiger partial charge on any atom is 0.262 e. The Bertz CT molecular complexity index is 1380. The van der Waals surface area contributed by atoms with E-state index in [1.807, 2.05) is 65.0 Å².